The van der Waals surface area contributed by atoms with Gasteiger partial charge in [-0.2, -0.15) is 0 Å². The molecule has 0 radical (unpaired) electrons. The van der Waals surface area contributed by atoms with Crippen molar-refractivity contribution in [1.82, 2.24) is 5.32 Å². The number of nitrogens with one attached hydrogen (secondary N) is 1. The van der Waals surface area contributed by atoms with E-state index >= 15 is 0 Å². The van der Waals surface area contributed by atoms with E-state index in [4.69, 9.17) is 0 Å². The molecule has 0 amide bonds. The van der Waals surface area contributed by atoms with Crippen molar-refractivity contribution in [2.24, 2.45) is 0 Å². The molecule has 1 saturated carbocycles. The summed E-state index contributed by atoms with van der Waals surface area (Å²) < 4.78 is 39.0. The Hall–Kier alpha value is -1.36. The van der Waals surface area contributed by atoms with Gasteiger partial charge in [-0.3, -0.25) is 4.79 Å². The third-order valence-electron chi connectivity index (χ3n) is 3.24. The molecule has 2 nitrogen and oxygen atoms in total. The van der Waals surface area contributed by atoms with E-state index in [-0.39, 0.29) is 12.6 Å². The smallest absolute Gasteiger partial charge is 0.195 e. The van der Waals surface area contributed by atoms with E-state index in [1.165, 1.54) is 0 Å². The fraction of sp³-hybridized carbons (Fsp3) is 0.462. The molecule has 0 saturated heterocycles. The fourth-order valence-electron chi connectivity index (χ4n) is 2.20. The van der Waals surface area contributed by atoms with E-state index in [1.807, 2.05) is 0 Å². The van der Waals surface area contributed by atoms with Crippen LogP contribution >= 0.6 is 0 Å². The normalized spacial score (nSPS) is 16.2. The quantitative estimate of drug-likeness (QED) is 0.663. The molecule has 1 N–H and O–H groups in total. The molecule has 0 unspecified atom stereocenters. The van der Waals surface area contributed by atoms with Crippen LogP contribution in [-0.2, 0) is 0 Å². The Bertz CT molecular complexity index is 456. The maximum absolute atomic E-state index is 13.3. The van der Waals surface area contributed by atoms with Crippen LogP contribution in [0.2, 0.25) is 0 Å². The van der Waals surface area contributed by atoms with Crippen molar-refractivity contribution in [2.75, 3.05) is 6.54 Å². The molecule has 2 rings (SSSR count). The summed E-state index contributed by atoms with van der Waals surface area (Å²) in [5, 5.41) is 3.01. The van der Waals surface area contributed by atoms with Gasteiger partial charge in [-0.05, 0) is 25.0 Å². The van der Waals surface area contributed by atoms with Gasteiger partial charge in [0.05, 0.1) is 12.1 Å². The molecule has 98 valence electrons. The summed E-state index contributed by atoms with van der Waals surface area (Å²) >= 11 is 0. The highest BCUT2D eigenvalue weighted by atomic mass is 19.2. The number of carbonyl (C=O) groups is 1. The van der Waals surface area contributed by atoms with Gasteiger partial charge < -0.3 is 5.32 Å². The van der Waals surface area contributed by atoms with E-state index in [2.05, 4.69) is 5.32 Å². The van der Waals surface area contributed by atoms with Crippen LogP contribution in [0.3, 0.4) is 0 Å². The lowest BCUT2D eigenvalue weighted by Gasteiger charge is -2.11. The SMILES string of the molecule is O=C(CNC1CCCC1)c1ccc(F)c(F)c1F. The largest absolute Gasteiger partial charge is 0.307 e. The van der Waals surface area contributed by atoms with Crippen molar-refractivity contribution < 1.29 is 18.0 Å². The summed E-state index contributed by atoms with van der Waals surface area (Å²) in [6.07, 6.45) is 4.22. The topological polar surface area (TPSA) is 29.1 Å². The van der Waals surface area contributed by atoms with Crippen LogP contribution in [0.15, 0.2) is 12.1 Å². The first-order valence-electron chi connectivity index (χ1n) is 5.99. The zero-order valence-electron chi connectivity index (χ0n) is 9.81. The van der Waals surface area contributed by atoms with Crippen LogP contribution in [0.25, 0.3) is 0 Å². The Balaban J connectivity index is 2.02. The highest BCUT2D eigenvalue weighted by molar-refractivity contribution is 5.97. The maximum atomic E-state index is 13.3. The van der Waals surface area contributed by atoms with Crippen molar-refractivity contribution >= 4 is 5.78 Å². The lowest BCUT2D eigenvalue weighted by molar-refractivity contribution is 0.0982. The maximum Gasteiger partial charge on any atom is 0.195 e. The molecule has 1 fully saturated rings. The van der Waals surface area contributed by atoms with Gasteiger partial charge in [0.1, 0.15) is 0 Å². The Morgan fingerprint density at radius 3 is 2.50 bits per heavy atom. The van der Waals surface area contributed by atoms with Gasteiger partial charge in [0, 0.05) is 6.04 Å². The van der Waals surface area contributed by atoms with Gasteiger partial charge >= 0.3 is 0 Å². The van der Waals surface area contributed by atoms with Crippen LogP contribution in [0, 0.1) is 17.5 Å². The van der Waals surface area contributed by atoms with Crippen LogP contribution in [0.5, 0.6) is 0 Å². The van der Waals surface area contributed by atoms with Gasteiger partial charge in [-0.1, -0.05) is 12.8 Å². The van der Waals surface area contributed by atoms with Gasteiger partial charge in [0.15, 0.2) is 23.2 Å². The monoisotopic (exact) mass is 257 g/mol. The summed E-state index contributed by atoms with van der Waals surface area (Å²) in [4.78, 5) is 11.7. The summed E-state index contributed by atoms with van der Waals surface area (Å²) in [7, 11) is 0. The van der Waals surface area contributed by atoms with Crippen molar-refractivity contribution in [3.05, 3.63) is 35.1 Å². The standard InChI is InChI=1S/C13H14F3NO/c14-10-6-5-9(12(15)13(10)16)11(18)7-17-8-3-1-2-4-8/h5-6,8,17H,1-4,7H2. The molecule has 0 atom stereocenters. The molecule has 1 aliphatic rings. The van der Waals surface area contributed by atoms with Crippen LogP contribution in [0.1, 0.15) is 36.0 Å². The first kappa shape index (κ1) is 13.1. The number of halogens is 3. The van der Waals surface area contributed by atoms with Gasteiger partial charge in [0.2, 0.25) is 0 Å². The van der Waals surface area contributed by atoms with Crippen LogP contribution in [-0.4, -0.2) is 18.4 Å². The van der Waals surface area contributed by atoms with Gasteiger partial charge in [0.25, 0.3) is 0 Å². The Labute approximate surface area is 103 Å². The third-order valence-corrected chi connectivity index (χ3v) is 3.24. The second-order valence-corrected chi connectivity index (χ2v) is 4.51. The first-order valence-corrected chi connectivity index (χ1v) is 5.99. The number of benzene rings is 1. The Morgan fingerprint density at radius 1 is 1.17 bits per heavy atom. The lowest BCUT2D eigenvalue weighted by Crippen LogP contribution is -2.32. The molecule has 0 aliphatic heterocycles. The molecule has 0 heterocycles. The molecule has 18 heavy (non-hydrogen) atoms. The number of hydrogen-bond donors (Lipinski definition) is 1. The number of Topliss-reactive ketones (excluding diaryl/α,β-unsaturated/α-hetero) is 1. The van der Waals surface area contributed by atoms with E-state index in [0.29, 0.717) is 0 Å². The summed E-state index contributed by atoms with van der Waals surface area (Å²) in [5.74, 6) is -4.85. The van der Waals surface area contributed by atoms with Crippen LogP contribution < -0.4 is 5.32 Å². The minimum absolute atomic E-state index is 0.0489. The first-order chi connectivity index (χ1) is 8.59. The third kappa shape index (κ3) is 2.72. The van der Waals surface area contributed by atoms with Crippen LogP contribution in [0.4, 0.5) is 13.2 Å². The number of rotatable bonds is 4. The van der Waals surface area contributed by atoms with E-state index < -0.39 is 28.8 Å². The zero-order chi connectivity index (χ0) is 13.1. The molecule has 1 aliphatic carbocycles. The van der Waals surface area contributed by atoms with Crippen molar-refractivity contribution in [3.63, 3.8) is 0 Å². The molecule has 0 spiro atoms. The molecular weight excluding hydrogens is 243 g/mol. The lowest BCUT2D eigenvalue weighted by atomic mass is 10.1. The summed E-state index contributed by atoms with van der Waals surface area (Å²) in [6.45, 7) is -0.0489. The van der Waals surface area contributed by atoms with Crippen molar-refractivity contribution in [1.29, 1.82) is 0 Å². The Morgan fingerprint density at radius 2 is 1.83 bits per heavy atom. The average Bonchev–Trinajstić information content (AvgIpc) is 2.86. The molecule has 0 aromatic heterocycles. The van der Waals surface area contributed by atoms with E-state index in [9.17, 15) is 18.0 Å². The fourth-order valence-corrected chi connectivity index (χ4v) is 2.20. The van der Waals surface area contributed by atoms with E-state index in [0.717, 1.165) is 37.8 Å². The minimum Gasteiger partial charge on any atom is -0.307 e. The second-order valence-electron chi connectivity index (χ2n) is 4.51. The predicted octanol–water partition coefficient (Wildman–Crippen LogP) is 2.82. The number of ketones is 1. The number of carbonyl (C=O) groups excluding carboxylic acids is 1. The molecule has 5 heteroatoms. The van der Waals surface area contributed by atoms with Crippen molar-refractivity contribution in [2.45, 2.75) is 31.7 Å². The molecular formula is C13H14F3NO. The number of hydrogen-bond acceptors (Lipinski definition) is 2. The highest BCUT2D eigenvalue weighted by Gasteiger charge is 2.20. The molecule has 0 bridgehead atoms. The second kappa shape index (κ2) is 5.52. The molecule has 1 aromatic rings. The minimum atomic E-state index is -1.60. The average molecular weight is 257 g/mol. The molecule has 1 aromatic carbocycles. The Kier molecular flexibility index (Phi) is 4.01. The van der Waals surface area contributed by atoms with Crippen molar-refractivity contribution in [3.8, 4) is 0 Å². The predicted molar refractivity (Wildman–Crippen MR) is 60.9 cm³/mol. The van der Waals surface area contributed by atoms with Gasteiger partial charge in [-0.15, -0.1) is 0 Å². The zero-order valence-corrected chi connectivity index (χ0v) is 9.81. The van der Waals surface area contributed by atoms with Gasteiger partial charge in [-0.25, -0.2) is 13.2 Å². The highest BCUT2D eigenvalue weighted by Crippen LogP contribution is 2.18. The van der Waals surface area contributed by atoms with E-state index in [1.54, 1.807) is 0 Å². The summed E-state index contributed by atoms with van der Waals surface area (Å²) in [5.41, 5.74) is -0.403. The summed E-state index contributed by atoms with van der Waals surface area (Å²) in [6, 6.07) is 2.01.